The molecule has 16 heteroatoms. The van der Waals surface area contributed by atoms with Crippen LogP contribution in [0.5, 0.6) is 0 Å². The van der Waals surface area contributed by atoms with E-state index in [0.29, 0.717) is 0 Å². The van der Waals surface area contributed by atoms with E-state index in [4.69, 9.17) is 18.9 Å². The molecule has 15 nitrogen and oxygen atoms in total. The maximum absolute atomic E-state index is 12.7. The molecule has 2 aromatic carbocycles. The monoisotopic (exact) mass is 677 g/mol. The molecule has 1 atom stereocenters. The molecule has 0 aromatic heterocycles. The number of alkyl carbamates (subject to hydrolysis) is 3. The second-order valence-electron chi connectivity index (χ2n) is 11.0. The first-order chi connectivity index (χ1) is 22.2. The number of guanidine groups is 1. The predicted octanol–water partition coefficient (Wildman–Crippen LogP) is 3.35. The van der Waals surface area contributed by atoms with Crippen LogP contribution in [0.1, 0.15) is 51.7 Å². The van der Waals surface area contributed by atoms with Gasteiger partial charge in [-0.2, -0.15) is 0 Å². The molecule has 0 saturated heterocycles. The van der Waals surface area contributed by atoms with E-state index >= 15 is 0 Å². The predicted molar refractivity (Wildman–Crippen MR) is 173 cm³/mol. The Bertz CT molecular complexity index is 1370. The summed E-state index contributed by atoms with van der Waals surface area (Å²) in [5, 5.41) is 7.29. The third-order valence-corrected chi connectivity index (χ3v) is 7.16. The minimum absolute atomic E-state index is 0.0178. The van der Waals surface area contributed by atoms with Gasteiger partial charge in [0.1, 0.15) is 25.4 Å². The van der Waals surface area contributed by atoms with Gasteiger partial charge >= 0.3 is 24.2 Å². The Morgan fingerprint density at radius 3 is 1.83 bits per heavy atom. The molecule has 3 amide bonds. The van der Waals surface area contributed by atoms with E-state index in [1.165, 1.54) is 0 Å². The maximum Gasteiger partial charge on any atom is 0.414 e. The normalized spacial score (nSPS) is 11.7. The smallest absolute Gasteiger partial charge is 0.414 e. The quantitative estimate of drug-likeness (QED) is 0.0713. The lowest BCUT2D eigenvalue weighted by Crippen LogP contribution is -2.45. The SMILES string of the molecule is CCOC(=O)CNS(=O)(=O)CC(CCCN=C(NC(=O)OCc1ccccc1)NC(=O)OCc1ccccc1)NC(=O)OC(C)(C)C. The van der Waals surface area contributed by atoms with E-state index in [2.05, 4.69) is 25.7 Å². The summed E-state index contributed by atoms with van der Waals surface area (Å²) >= 11 is 0. The lowest BCUT2D eigenvalue weighted by molar-refractivity contribution is -0.141. The second kappa shape index (κ2) is 19.7. The lowest BCUT2D eigenvalue weighted by atomic mass is 10.2. The van der Waals surface area contributed by atoms with Gasteiger partial charge < -0.3 is 24.3 Å². The third kappa shape index (κ3) is 18.1. The lowest BCUT2D eigenvalue weighted by Gasteiger charge is -2.23. The van der Waals surface area contributed by atoms with Gasteiger partial charge in [-0.15, -0.1) is 0 Å². The number of benzene rings is 2. The molecule has 4 N–H and O–H groups in total. The first-order valence-electron chi connectivity index (χ1n) is 14.9. The van der Waals surface area contributed by atoms with Crippen molar-refractivity contribution in [1.82, 2.24) is 20.7 Å². The molecule has 0 saturated carbocycles. The van der Waals surface area contributed by atoms with E-state index in [1.807, 2.05) is 12.1 Å². The number of carbonyl (C=O) groups excluding carboxylic acids is 4. The van der Waals surface area contributed by atoms with Gasteiger partial charge in [0.05, 0.1) is 12.4 Å². The standard InChI is InChI=1S/C31H43N5O10S/c1-5-43-26(37)19-33-47(41,42)22-25(34-30(40)46-31(2,3)4)17-12-18-32-27(35-28(38)44-20-23-13-8-6-9-14-23)36-29(39)45-21-24-15-10-7-11-16-24/h6-11,13-16,25,33H,5,12,17-22H2,1-4H3,(H,34,40)(H2,32,35,36,38,39). The summed E-state index contributed by atoms with van der Waals surface area (Å²) in [7, 11) is -4.03. The molecule has 0 aliphatic rings. The van der Waals surface area contributed by atoms with E-state index < -0.39 is 58.2 Å². The van der Waals surface area contributed by atoms with Crippen LogP contribution < -0.4 is 20.7 Å². The molecule has 0 aliphatic heterocycles. The highest BCUT2D eigenvalue weighted by Crippen LogP contribution is 2.09. The van der Waals surface area contributed by atoms with E-state index in [0.717, 1.165) is 11.1 Å². The van der Waals surface area contributed by atoms with Crippen LogP contribution in [0.25, 0.3) is 0 Å². The van der Waals surface area contributed by atoms with Crippen molar-refractivity contribution in [3.63, 3.8) is 0 Å². The van der Waals surface area contributed by atoms with Crippen LogP contribution in [-0.4, -0.2) is 75.7 Å². The fourth-order valence-corrected chi connectivity index (χ4v) is 4.96. The zero-order chi connectivity index (χ0) is 34.7. The number of ether oxygens (including phenoxy) is 4. The minimum Gasteiger partial charge on any atom is -0.465 e. The van der Waals surface area contributed by atoms with Crippen molar-refractivity contribution >= 4 is 40.2 Å². The highest BCUT2D eigenvalue weighted by atomic mass is 32.2. The number of hydrogen-bond donors (Lipinski definition) is 4. The van der Waals surface area contributed by atoms with Crippen LogP contribution in [0.2, 0.25) is 0 Å². The van der Waals surface area contributed by atoms with Crippen molar-refractivity contribution in [2.24, 2.45) is 4.99 Å². The zero-order valence-electron chi connectivity index (χ0n) is 26.9. The summed E-state index contributed by atoms with van der Waals surface area (Å²) < 4.78 is 47.9. The number of nitrogens with zero attached hydrogens (tertiary/aromatic N) is 1. The Balaban J connectivity index is 2.07. The van der Waals surface area contributed by atoms with Crippen LogP contribution in [0.3, 0.4) is 0 Å². The molecular formula is C31H43N5O10S. The molecule has 258 valence electrons. The summed E-state index contributed by atoms with van der Waals surface area (Å²) in [6.45, 7) is 6.00. The second-order valence-corrected chi connectivity index (χ2v) is 12.8. The van der Waals surface area contributed by atoms with Gasteiger partial charge in [-0.3, -0.25) is 20.4 Å². The summed E-state index contributed by atoms with van der Waals surface area (Å²) in [6.07, 6.45) is -2.33. The molecule has 1 unspecified atom stereocenters. The Kier molecular flexibility index (Phi) is 16.2. The van der Waals surface area contributed by atoms with Crippen molar-refractivity contribution in [2.45, 2.75) is 65.4 Å². The van der Waals surface area contributed by atoms with Crippen molar-refractivity contribution in [3.05, 3.63) is 71.8 Å². The summed E-state index contributed by atoms with van der Waals surface area (Å²) in [5.74, 6) is -1.59. The minimum atomic E-state index is -4.03. The summed E-state index contributed by atoms with van der Waals surface area (Å²) in [6, 6.07) is 17.0. The molecule has 0 spiro atoms. The molecule has 2 aromatic rings. The number of hydrogen-bond acceptors (Lipinski definition) is 11. The Morgan fingerprint density at radius 1 is 0.809 bits per heavy atom. The van der Waals surface area contributed by atoms with E-state index in [1.54, 1.807) is 76.2 Å². The topological polar surface area (TPSA) is 200 Å². The van der Waals surface area contributed by atoms with Crippen LogP contribution in [-0.2, 0) is 47.0 Å². The first-order valence-corrected chi connectivity index (χ1v) is 16.5. The van der Waals surface area contributed by atoms with Gasteiger partial charge in [0.25, 0.3) is 0 Å². The van der Waals surface area contributed by atoms with Crippen LogP contribution >= 0.6 is 0 Å². The van der Waals surface area contributed by atoms with Gasteiger partial charge in [0, 0.05) is 12.6 Å². The fraction of sp³-hybridized carbons (Fsp3) is 0.452. The van der Waals surface area contributed by atoms with Crippen LogP contribution in [0.4, 0.5) is 14.4 Å². The average Bonchev–Trinajstić information content (AvgIpc) is 3.00. The molecule has 0 radical (unpaired) electrons. The molecule has 0 bridgehead atoms. The van der Waals surface area contributed by atoms with Crippen molar-refractivity contribution in [3.8, 4) is 0 Å². The van der Waals surface area contributed by atoms with Gasteiger partial charge in [0.15, 0.2) is 0 Å². The molecule has 0 aliphatic carbocycles. The first kappa shape index (κ1) is 38.5. The highest BCUT2D eigenvalue weighted by Gasteiger charge is 2.24. The summed E-state index contributed by atoms with van der Waals surface area (Å²) in [4.78, 5) is 53.3. The van der Waals surface area contributed by atoms with E-state index in [-0.39, 0.29) is 45.2 Å². The van der Waals surface area contributed by atoms with Crippen molar-refractivity contribution < 1.29 is 46.5 Å². The number of nitrogens with one attached hydrogen (secondary N) is 4. The van der Waals surface area contributed by atoms with Crippen LogP contribution in [0, 0.1) is 0 Å². The van der Waals surface area contributed by atoms with Gasteiger partial charge in [-0.25, -0.2) is 27.5 Å². The summed E-state index contributed by atoms with van der Waals surface area (Å²) in [5.41, 5.74) is 0.648. The highest BCUT2D eigenvalue weighted by molar-refractivity contribution is 7.89. The number of amides is 3. The van der Waals surface area contributed by atoms with E-state index in [9.17, 15) is 27.6 Å². The molecule has 47 heavy (non-hydrogen) atoms. The van der Waals surface area contributed by atoms with Gasteiger partial charge in [-0.05, 0) is 51.7 Å². The number of esters is 1. The zero-order valence-corrected chi connectivity index (χ0v) is 27.8. The van der Waals surface area contributed by atoms with Gasteiger partial charge in [0.2, 0.25) is 16.0 Å². The Labute approximate surface area is 274 Å². The van der Waals surface area contributed by atoms with Crippen LogP contribution in [0.15, 0.2) is 65.7 Å². The third-order valence-electron chi connectivity index (χ3n) is 5.73. The fourth-order valence-electron chi connectivity index (χ4n) is 3.73. The van der Waals surface area contributed by atoms with Crippen molar-refractivity contribution in [2.75, 3.05) is 25.4 Å². The molecular weight excluding hydrogens is 634 g/mol. The number of rotatable bonds is 15. The average molecular weight is 678 g/mol. The van der Waals surface area contributed by atoms with Crippen molar-refractivity contribution in [1.29, 1.82) is 0 Å². The molecule has 0 fully saturated rings. The Morgan fingerprint density at radius 2 is 1.34 bits per heavy atom. The molecule has 0 heterocycles. The number of sulfonamides is 1. The Hall–Kier alpha value is -4.70. The largest absolute Gasteiger partial charge is 0.465 e. The number of carbonyl (C=O) groups is 4. The van der Waals surface area contributed by atoms with Gasteiger partial charge in [-0.1, -0.05) is 60.7 Å². The maximum atomic E-state index is 12.7. The molecule has 2 rings (SSSR count). The number of aliphatic imine (C=N–C) groups is 1.